The van der Waals surface area contributed by atoms with Crippen LogP contribution in [0.15, 0.2) is 34.7 Å². The summed E-state index contributed by atoms with van der Waals surface area (Å²) < 4.78 is 93.4. The van der Waals surface area contributed by atoms with Gasteiger partial charge in [-0.1, -0.05) is 6.92 Å². The third kappa shape index (κ3) is 4.70. The first-order valence-corrected chi connectivity index (χ1v) is 9.06. The van der Waals surface area contributed by atoms with Crippen LogP contribution in [0.25, 0.3) is 0 Å². The Morgan fingerprint density at radius 2 is 1.71 bits per heavy atom. The van der Waals surface area contributed by atoms with Gasteiger partial charge in [0.15, 0.2) is 0 Å². The van der Waals surface area contributed by atoms with E-state index in [1.165, 1.54) is 6.92 Å². The van der Waals surface area contributed by atoms with Crippen molar-refractivity contribution < 1.29 is 45.4 Å². The van der Waals surface area contributed by atoms with Crippen LogP contribution in [0.4, 0.5) is 26.3 Å². The number of ether oxygens (including phenoxy) is 2. The maximum Gasteiger partial charge on any atom is 0.419 e. The minimum absolute atomic E-state index is 0.132. The number of hydrogen-bond acceptors (Lipinski definition) is 5. The number of benzene rings is 1. The monoisotopic (exact) mass is 451 g/mol. The van der Waals surface area contributed by atoms with Gasteiger partial charge < -0.3 is 14.8 Å². The third-order valence-electron chi connectivity index (χ3n) is 4.55. The second-order valence-corrected chi connectivity index (χ2v) is 6.57. The fraction of sp³-hybridized carbons (Fsp3) is 0.400. The van der Waals surface area contributed by atoms with Gasteiger partial charge in [0.1, 0.15) is 18.3 Å². The summed E-state index contributed by atoms with van der Waals surface area (Å²) in [7, 11) is 0.870. The van der Waals surface area contributed by atoms with Crippen molar-refractivity contribution >= 4 is 11.9 Å². The molecule has 170 valence electrons. The standard InChI is InChI=1S/C20H19F6NO4/c1-4-7-31-19(29)13-9(2)27-12(8-21)15(18(28)30-3)16(13)14-10(22)5-6-11(23)17(14)20(24,25)26/h5-6,16,27H,4,7-8H2,1-3H3. The molecule has 1 aromatic carbocycles. The molecule has 1 aliphatic rings. The molecule has 0 bridgehead atoms. The number of alkyl halides is 4. The van der Waals surface area contributed by atoms with E-state index in [1.54, 1.807) is 6.92 Å². The molecule has 1 heterocycles. The van der Waals surface area contributed by atoms with Crippen LogP contribution in [-0.4, -0.2) is 32.3 Å². The van der Waals surface area contributed by atoms with E-state index in [9.17, 15) is 35.9 Å². The van der Waals surface area contributed by atoms with E-state index in [4.69, 9.17) is 4.74 Å². The Bertz CT molecular complexity index is 952. The lowest BCUT2D eigenvalue weighted by Crippen LogP contribution is -2.35. The van der Waals surface area contributed by atoms with E-state index in [0.29, 0.717) is 12.5 Å². The molecule has 1 atom stereocenters. The predicted molar refractivity (Wildman–Crippen MR) is 96.2 cm³/mol. The zero-order chi connectivity index (χ0) is 23.5. The number of methoxy groups -OCH3 is 1. The first kappa shape index (κ1) is 24.3. The van der Waals surface area contributed by atoms with Gasteiger partial charge in [-0.3, -0.25) is 0 Å². The largest absolute Gasteiger partial charge is 0.466 e. The zero-order valence-electron chi connectivity index (χ0n) is 16.8. The number of carbonyl (C=O) groups excluding carboxylic acids is 2. The quantitative estimate of drug-likeness (QED) is 0.516. The van der Waals surface area contributed by atoms with Crippen LogP contribution in [0.2, 0.25) is 0 Å². The summed E-state index contributed by atoms with van der Waals surface area (Å²) in [6, 6.07) is 0.697. The number of allylic oxidation sites excluding steroid dienone is 2. The van der Waals surface area contributed by atoms with E-state index in [2.05, 4.69) is 10.1 Å². The topological polar surface area (TPSA) is 64.6 Å². The molecular formula is C20H19F6NO4. The molecule has 0 radical (unpaired) electrons. The Hall–Kier alpha value is -2.98. The summed E-state index contributed by atoms with van der Waals surface area (Å²) >= 11 is 0. The molecular weight excluding hydrogens is 432 g/mol. The second kappa shape index (κ2) is 9.44. The van der Waals surface area contributed by atoms with Gasteiger partial charge in [-0.05, 0) is 25.5 Å². The van der Waals surface area contributed by atoms with Crippen LogP contribution >= 0.6 is 0 Å². The number of hydrogen-bond donors (Lipinski definition) is 1. The molecule has 31 heavy (non-hydrogen) atoms. The van der Waals surface area contributed by atoms with E-state index in [-0.39, 0.29) is 18.4 Å². The average Bonchev–Trinajstić information content (AvgIpc) is 2.71. The fourth-order valence-electron chi connectivity index (χ4n) is 3.32. The van der Waals surface area contributed by atoms with Crippen LogP contribution in [0.5, 0.6) is 0 Å². The zero-order valence-corrected chi connectivity index (χ0v) is 16.8. The Morgan fingerprint density at radius 3 is 2.23 bits per heavy atom. The number of carbonyl (C=O) groups is 2. The van der Waals surface area contributed by atoms with Gasteiger partial charge in [-0.2, -0.15) is 13.2 Å². The average molecular weight is 451 g/mol. The molecule has 0 aliphatic carbocycles. The first-order chi connectivity index (χ1) is 14.5. The van der Waals surface area contributed by atoms with Crippen LogP contribution < -0.4 is 5.32 Å². The summed E-state index contributed by atoms with van der Waals surface area (Å²) in [5, 5.41) is 2.42. The molecule has 0 amide bonds. The Kier molecular flexibility index (Phi) is 7.40. The SMILES string of the molecule is CCCOC(=O)C1=C(C)NC(CF)=C(C(=O)OC)C1c1c(F)ccc(F)c1C(F)(F)F. The third-order valence-corrected chi connectivity index (χ3v) is 4.55. The molecule has 0 saturated carbocycles. The van der Waals surface area contributed by atoms with E-state index < -0.39 is 70.3 Å². The van der Waals surface area contributed by atoms with Crippen molar-refractivity contribution in [3.05, 3.63) is 57.4 Å². The lowest BCUT2D eigenvalue weighted by molar-refractivity contribution is -0.143. The summed E-state index contributed by atoms with van der Waals surface area (Å²) in [6.07, 6.45) is -5.04. The van der Waals surface area contributed by atoms with Gasteiger partial charge in [0.2, 0.25) is 0 Å². The molecule has 0 fully saturated rings. The number of rotatable bonds is 6. The van der Waals surface area contributed by atoms with Gasteiger partial charge in [0.05, 0.1) is 42.0 Å². The van der Waals surface area contributed by atoms with Crippen molar-refractivity contribution in [1.29, 1.82) is 0 Å². The molecule has 1 aliphatic heterocycles. The lowest BCUT2D eigenvalue weighted by atomic mass is 9.78. The molecule has 0 saturated heterocycles. The molecule has 2 rings (SSSR count). The van der Waals surface area contributed by atoms with Crippen molar-refractivity contribution in [3.8, 4) is 0 Å². The number of esters is 2. The fourth-order valence-corrected chi connectivity index (χ4v) is 3.32. The maximum atomic E-state index is 14.8. The van der Waals surface area contributed by atoms with Crippen molar-refractivity contribution in [2.24, 2.45) is 0 Å². The highest BCUT2D eigenvalue weighted by atomic mass is 19.4. The first-order valence-electron chi connectivity index (χ1n) is 9.06. The summed E-state index contributed by atoms with van der Waals surface area (Å²) in [6.45, 7) is 1.35. The van der Waals surface area contributed by atoms with E-state index in [0.717, 1.165) is 7.11 Å². The van der Waals surface area contributed by atoms with Crippen LogP contribution in [0.3, 0.4) is 0 Å². The molecule has 1 aromatic rings. The molecule has 5 nitrogen and oxygen atoms in total. The van der Waals surface area contributed by atoms with Crippen LogP contribution in [-0.2, 0) is 25.2 Å². The molecule has 0 aromatic heterocycles. The van der Waals surface area contributed by atoms with Gasteiger partial charge in [0.25, 0.3) is 0 Å². The highest BCUT2D eigenvalue weighted by Crippen LogP contribution is 2.46. The molecule has 0 spiro atoms. The number of nitrogens with one attached hydrogen (secondary N) is 1. The predicted octanol–water partition coefficient (Wildman–Crippen LogP) is 4.29. The molecule has 11 heteroatoms. The van der Waals surface area contributed by atoms with Gasteiger partial charge in [0, 0.05) is 11.3 Å². The van der Waals surface area contributed by atoms with Crippen molar-refractivity contribution in [1.82, 2.24) is 5.32 Å². The van der Waals surface area contributed by atoms with Gasteiger partial charge in [-0.15, -0.1) is 0 Å². The molecule has 1 N–H and O–H groups in total. The van der Waals surface area contributed by atoms with Gasteiger partial charge in [-0.25, -0.2) is 22.8 Å². The molecule has 1 unspecified atom stereocenters. The van der Waals surface area contributed by atoms with Crippen molar-refractivity contribution in [2.45, 2.75) is 32.4 Å². The number of halogens is 6. The Labute approximate surface area is 173 Å². The lowest BCUT2D eigenvalue weighted by Gasteiger charge is -2.32. The summed E-state index contributed by atoms with van der Waals surface area (Å²) in [5.74, 6) is -8.00. The smallest absolute Gasteiger partial charge is 0.419 e. The maximum absolute atomic E-state index is 14.8. The highest BCUT2D eigenvalue weighted by Gasteiger charge is 2.47. The normalized spacial score (nSPS) is 16.9. The Morgan fingerprint density at radius 1 is 1.10 bits per heavy atom. The summed E-state index contributed by atoms with van der Waals surface area (Å²) in [5.41, 5.74) is -5.48. The highest BCUT2D eigenvalue weighted by molar-refractivity contribution is 6.00. The Balaban J connectivity index is 2.95. The number of dihydropyridines is 1. The van der Waals surface area contributed by atoms with Crippen molar-refractivity contribution in [2.75, 3.05) is 20.4 Å². The van der Waals surface area contributed by atoms with Gasteiger partial charge >= 0.3 is 18.1 Å². The minimum atomic E-state index is -5.39. The summed E-state index contributed by atoms with van der Waals surface area (Å²) in [4.78, 5) is 25.1. The minimum Gasteiger partial charge on any atom is -0.466 e. The van der Waals surface area contributed by atoms with Crippen LogP contribution in [0.1, 0.15) is 37.3 Å². The second-order valence-electron chi connectivity index (χ2n) is 6.57. The van der Waals surface area contributed by atoms with Crippen molar-refractivity contribution in [3.63, 3.8) is 0 Å². The van der Waals surface area contributed by atoms with E-state index in [1.807, 2.05) is 0 Å². The van der Waals surface area contributed by atoms with Crippen LogP contribution in [0, 0.1) is 11.6 Å². The van der Waals surface area contributed by atoms with E-state index >= 15 is 0 Å².